The van der Waals surface area contributed by atoms with E-state index in [4.69, 9.17) is 4.74 Å². The molecular formula is C8H12O2. The maximum Gasteiger partial charge on any atom is 0.180 e. The van der Waals surface area contributed by atoms with Gasteiger partial charge in [-0.3, -0.25) is 4.79 Å². The van der Waals surface area contributed by atoms with Crippen LogP contribution in [-0.2, 0) is 9.53 Å². The van der Waals surface area contributed by atoms with Gasteiger partial charge in [0.2, 0.25) is 0 Å². The highest BCUT2D eigenvalue weighted by Gasteiger charge is 2.21. The lowest BCUT2D eigenvalue weighted by Crippen LogP contribution is -2.06. The number of carbonyl (C=O) groups excluding carboxylic acids is 1. The Morgan fingerprint density at radius 2 is 2.40 bits per heavy atom. The van der Waals surface area contributed by atoms with Crippen molar-refractivity contribution in [2.75, 3.05) is 13.2 Å². The first-order valence-electron chi connectivity index (χ1n) is 3.56. The second kappa shape index (κ2) is 3.52. The van der Waals surface area contributed by atoms with E-state index in [9.17, 15) is 4.79 Å². The van der Waals surface area contributed by atoms with Crippen LogP contribution in [0.25, 0.3) is 0 Å². The first-order valence-corrected chi connectivity index (χ1v) is 3.56. The Balaban J connectivity index is 1.93. The van der Waals surface area contributed by atoms with Crippen LogP contribution >= 0.6 is 0 Å². The van der Waals surface area contributed by atoms with Crippen LogP contribution in [0.3, 0.4) is 0 Å². The Labute approximate surface area is 60.9 Å². The van der Waals surface area contributed by atoms with Crippen molar-refractivity contribution in [2.45, 2.75) is 12.8 Å². The van der Waals surface area contributed by atoms with Crippen molar-refractivity contribution in [2.24, 2.45) is 5.92 Å². The van der Waals surface area contributed by atoms with Gasteiger partial charge in [0.15, 0.2) is 5.78 Å². The van der Waals surface area contributed by atoms with Gasteiger partial charge < -0.3 is 4.74 Å². The van der Waals surface area contributed by atoms with E-state index in [1.807, 2.05) is 0 Å². The molecule has 56 valence electrons. The van der Waals surface area contributed by atoms with Crippen molar-refractivity contribution in [3.63, 3.8) is 0 Å². The van der Waals surface area contributed by atoms with Crippen molar-refractivity contribution < 1.29 is 9.53 Å². The zero-order valence-corrected chi connectivity index (χ0v) is 6.01. The summed E-state index contributed by atoms with van der Waals surface area (Å²) in [5.74, 6) is 0.707. The minimum absolute atomic E-state index is 0.0272. The molecule has 1 aliphatic rings. The molecule has 0 aromatic carbocycles. The maximum atomic E-state index is 10.6. The number of ketones is 1. The number of ether oxygens (including phenoxy) is 1. The summed E-state index contributed by atoms with van der Waals surface area (Å²) in [6, 6.07) is 0. The largest absolute Gasteiger partial charge is 0.373 e. The maximum absolute atomic E-state index is 10.6. The molecule has 10 heavy (non-hydrogen) atoms. The van der Waals surface area contributed by atoms with E-state index in [1.54, 1.807) is 0 Å². The van der Waals surface area contributed by atoms with Gasteiger partial charge in [-0.25, -0.2) is 0 Å². The molecule has 0 radical (unpaired) electrons. The lowest BCUT2D eigenvalue weighted by molar-refractivity contribution is -0.119. The summed E-state index contributed by atoms with van der Waals surface area (Å²) in [5, 5.41) is 0. The number of carbonyl (C=O) groups is 1. The third-order valence-electron chi connectivity index (χ3n) is 1.52. The predicted molar refractivity (Wildman–Crippen MR) is 38.7 cm³/mol. The van der Waals surface area contributed by atoms with Crippen LogP contribution < -0.4 is 0 Å². The topological polar surface area (TPSA) is 26.3 Å². The lowest BCUT2D eigenvalue weighted by atomic mass is 10.4. The third kappa shape index (κ3) is 2.78. The van der Waals surface area contributed by atoms with Gasteiger partial charge in [-0.15, -0.1) is 0 Å². The number of rotatable bonds is 5. The van der Waals surface area contributed by atoms with E-state index in [0.29, 0.717) is 0 Å². The van der Waals surface area contributed by atoms with Crippen LogP contribution in [0.4, 0.5) is 0 Å². The second-order valence-electron chi connectivity index (χ2n) is 2.63. The SMILES string of the molecule is C=CC(=O)COCC1CC1. The standard InChI is InChI=1S/C8H12O2/c1-2-8(9)6-10-5-7-3-4-7/h2,7H,1,3-6H2. The molecule has 0 atom stereocenters. The van der Waals surface area contributed by atoms with Gasteiger partial charge in [0.1, 0.15) is 6.61 Å². The molecule has 0 spiro atoms. The van der Waals surface area contributed by atoms with Crippen LogP contribution in [-0.4, -0.2) is 19.0 Å². The zero-order chi connectivity index (χ0) is 7.40. The van der Waals surface area contributed by atoms with Gasteiger partial charge in [0, 0.05) is 0 Å². The molecule has 1 rings (SSSR count). The average molecular weight is 140 g/mol. The van der Waals surface area contributed by atoms with E-state index in [-0.39, 0.29) is 12.4 Å². The van der Waals surface area contributed by atoms with Gasteiger partial charge >= 0.3 is 0 Å². The van der Waals surface area contributed by atoms with Crippen LogP contribution in [0.1, 0.15) is 12.8 Å². The molecule has 0 heterocycles. The smallest absolute Gasteiger partial charge is 0.180 e. The van der Waals surface area contributed by atoms with Gasteiger partial charge in [-0.05, 0) is 24.8 Å². The monoisotopic (exact) mass is 140 g/mol. The van der Waals surface area contributed by atoms with Crippen molar-refractivity contribution in [3.8, 4) is 0 Å². The number of hydrogen-bond acceptors (Lipinski definition) is 2. The van der Waals surface area contributed by atoms with Crippen molar-refractivity contribution in [1.29, 1.82) is 0 Å². The molecule has 0 amide bonds. The van der Waals surface area contributed by atoms with E-state index in [1.165, 1.54) is 18.9 Å². The van der Waals surface area contributed by atoms with Gasteiger partial charge in [-0.2, -0.15) is 0 Å². The van der Waals surface area contributed by atoms with Crippen molar-refractivity contribution >= 4 is 5.78 Å². The van der Waals surface area contributed by atoms with Gasteiger partial charge in [0.05, 0.1) is 6.61 Å². The summed E-state index contributed by atoms with van der Waals surface area (Å²) < 4.78 is 5.09. The molecule has 0 aromatic rings. The van der Waals surface area contributed by atoms with Crippen LogP contribution in [0.5, 0.6) is 0 Å². The highest BCUT2D eigenvalue weighted by atomic mass is 16.5. The molecule has 1 aliphatic carbocycles. The average Bonchev–Trinajstić information content (AvgIpc) is 2.71. The molecule has 0 aliphatic heterocycles. The predicted octanol–water partition coefficient (Wildman–Crippen LogP) is 1.17. The zero-order valence-electron chi connectivity index (χ0n) is 6.01. The molecule has 2 heteroatoms. The molecular weight excluding hydrogens is 128 g/mol. The Hall–Kier alpha value is -0.630. The van der Waals surface area contributed by atoms with E-state index < -0.39 is 0 Å². The van der Waals surface area contributed by atoms with Crippen LogP contribution in [0, 0.1) is 5.92 Å². The summed E-state index contributed by atoms with van der Waals surface area (Å²) in [6.45, 7) is 4.30. The Morgan fingerprint density at radius 3 is 2.90 bits per heavy atom. The van der Waals surface area contributed by atoms with E-state index >= 15 is 0 Å². The first kappa shape index (κ1) is 7.48. The highest BCUT2D eigenvalue weighted by molar-refractivity contribution is 5.90. The first-order chi connectivity index (χ1) is 4.83. The molecule has 2 nitrogen and oxygen atoms in total. The summed E-state index contributed by atoms with van der Waals surface area (Å²) in [4.78, 5) is 10.6. The molecule has 1 saturated carbocycles. The second-order valence-corrected chi connectivity index (χ2v) is 2.63. The summed E-state index contributed by atoms with van der Waals surface area (Å²) >= 11 is 0. The minimum Gasteiger partial charge on any atom is -0.373 e. The lowest BCUT2D eigenvalue weighted by Gasteiger charge is -1.97. The molecule has 1 fully saturated rings. The normalized spacial score (nSPS) is 16.8. The molecule has 0 saturated heterocycles. The van der Waals surface area contributed by atoms with Crippen molar-refractivity contribution in [3.05, 3.63) is 12.7 Å². The third-order valence-corrected chi connectivity index (χ3v) is 1.52. The van der Waals surface area contributed by atoms with Gasteiger partial charge in [0.25, 0.3) is 0 Å². The number of hydrogen-bond donors (Lipinski definition) is 0. The highest BCUT2D eigenvalue weighted by Crippen LogP contribution is 2.28. The molecule has 0 aromatic heterocycles. The fourth-order valence-electron chi connectivity index (χ4n) is 0.670. The minimum atomic E-state index is -0.0272. The fraction of sp³-hybridized carbons (Fsp3) is 0.625. The molecule has 0 N–H and O–H groups in total. The summed E-state index contributed by atoms with van der Waals surface area (Å²) in [5.41, 5.74) is 0. The molecule has 0 unspecified atom stereocenters. The van der Waals surface area contributed by atoms with E-state index in [0.717, 1.165) is 12.5 Å². The van der Waals surface area contributed by atoms with Gasteiger partial charge in [-0.1, -0.05) is 6.58 Å². The Bertz CT molecular complexity index is 136. The fourth-order valence-corrected chi connectivity index (χ4v) is 0.670. The quantitative estimate of drug-likeness (QED) is 0.536. The summed E-state index contributed by atoms with van der Waals surface area (Å²) in [6.07, 6.45) is 3.83. The van der Waals surface area contributed by atoms with E-state index in [2.05, 4.69) is 6.58 Å². The Morgan fingerprint density at radius 1 is 1.70 bits per heavy atom. The van der Waals surface area contributed by atoms with Crippen LogP contribution in [0.2, 0.25) is 0 Å². The van der Waals surface area contributed by atoms with Crippen LogP contribution in [0.15, 0.2) is 12.7 Å². The van der Waals surface area contributed by atoms with Crippen molar-refractivity contribution in [1.82, 2.24) is 0 Å². The Kier molecular flexibility index (Phi) is 2.63. The molecule has 0 bridgehead atoms. The summed E-state index contributed by atoms with van der Waals surface area (Å²) in [7, 11) is 0.